The monoisotopic (exact) mass is 347 g/mol. The first-order valence-electron chi connectivity index (χ1n) is 7.30. The summed E-state index contributed by atoms with van der Waals surface area (Å²) in [7, 11) is 0. The molecule has 2 aromatic carbocycles. The maximum absolute atomic E-state index is 12.1. The molecule has 0 aromatic heterocycles. The van der Waals surface area contributed by atoms with Crippen molar-refractivity contribution >= 4 is 32.6 Å². The lowest BCUT2D eigenvalue weighted by molar-refractivity contribution is -0.120. The summed E-state index contributed by atoms with van der Waals surface area (Å²) in [5.74, 6) is 0.0907. The van der Waals surface area contributed by atoms with Crippen molar-refractivity contribution in [2.75, 3.05) is 11.9 Å². The minimum atomic E-state index is 0.0907. The molecule has 0 aliphatic carbocycles. The number of amides is 1. The zero-order valence-electron chi connectivity index (χ0n) is 12.7. The van der Waals surface area contributed by atoms with Crippen molar-refractivity contribution in [3.8, 4) is 0 Å². The second-order valence-corrected chi connectivity index (χ2v) is 7.03. The highest BCUT2D eigenvalue weighted by atomic mass is 79.9. The summed E-state index contributed by atoms with van der Waals surface area (Å²) in [4.78, 5) is 12.1. The molecule has 2 aromatic rings. The molecule has 0 fully saturated rings. The van der Waals surface area contributed by atoms with Crippen LogP contribution in [0.25, 0.3) is 10.8 Å². The molecule has 0 unspecified atom stereocenters. The first-order chi connectivity index (χ1) is 10.00. The van der Waals surface area contributed by atoms with Gasteiger partial charge in [-0.05, 0) is 28.2 Å². The highest BCUT2D eigenvalue weighted by Crippen LogP contribution is 2.20. The molecule has 1 N–H and O–H groups in total. The maximum Gasteiger partial charge on any atom is 0.224 e. The van der Waals surface area contributed by atoms with Gasteiger partial charge in [0.15, 0.2) is 0 Å². The summed E-state index contributed by atoms with van der Waals surface area (Å²) >= 11 is 3.46. The van der Waals surface area contributed by atoms with E-state index in [1.165, 1.54) is 10.8 Å². The summed E-state index contributed by atoms with van der Waals surface area (Å²) in [6, 6.07) is 14.4. The lowest BCUT2D eigenvalue weighted by atomic mass is 9.90. The molecule has 21 heavy (non-hydrogen) atoms. The van der Waals surface area contributed by atoms with E-state index in [2.05, 4.69) is 59.4 Å². The molecule has 0 heterocycles. The van der Waals surface area contributed by atoms with Gasteiger partial charge in [-0.15, -0.1) is 0 Å². The Labute approximate surface area is 135 Å². The van der Waals surface area contributed by atoms with E-state index in [4.69, 9.17) is 0 Å². The fourth-order valence-corrected chi connectivity index (χ4v) is 3.35. The molecule has 0 atom stereocenters. The lowest BCUT2D eigenvalue weighted by Crippen LogP contribution is -2.35. The number of alkyl halides is 1. The Morgan fingerprint density at radius 1 is 1.14 bits per heavy atom. The Hall–Kier alpha value is -1.35. The highest BCUT2D eigenvalue weighted by molar-refractivity contribution is 9.09. The zero-order chi connectivity index (χ0) is 15.3. The van der Waals surface area contributed by atoms with Crippen molar-refractivity contribution < 1.29 is 4.79 Å². The third-order valence-electron chi connectivity index (χ3n) is 3.71. The van der Waals surface area contributed by atoms with Crippen molar-refractivity contribution in [3.63, 3.8) is 0 Å². The minimum absolute atomic E-state index is 0.0907. The van der Waals surface area contributed by atoms with Gasteiger partial charge in [-0.1, -0.05) is 72.2 Å². The van der Waals surface area contributed by atoms with Gasteiger partial charge in [0.05, 0.1) is 6.42 Å². The van der Waals surface area contributed by atoms with Crippen molar-refractivity contribution in [1.82, 2.24) is 5.32 Å². The Bertz CT molecular complexity index is 621. The van der Waals surface area contributed by atoms with Gasteiger partial charge < -0.3 is 5.32 Å². The van der Waals surface area contributed by atoms with Crippen LogP contribution in [0, 0.1) is 5.41 Å². The summed E-state index contributed by atoms with van der Waals surface area (Å²) in [6.45, 7) is 5.06. The second kappa shape index (κ2) is 7.08. The third-order valence-corrected chi connectivity index (χ3v) is 4.11. The number of carbonyl (C=O) groups excluding carboxylic acids is 1. The Balaban J connectivity index is 1.95. The van der Waals surface area contributed by atoms with E-state index in [-0.39, 0.29) is 11.3 Å². The van der Waals surface area contributed by atoms with E-state index in [0.717, 1.165) is 17.3 Å². The minimum Gasteiger partial charge on any atom is -0.355 e. The van der Waals surface area contributed by atoms with Gasteiger partial charge in [-0.3, -0.25) is 4.79 Å². The van der Waals surface area contributed by atoms with Crippen LogP contribution in [0.1, 0.15) is 25.8 Å². The van der Waals surface area contributed by atoms with E-state index in [1.54, 1.807) is 0 Å². The number of nitrogens with one attached hydrogen (secondary N) is 1. The Morgan fingerprint density at radius 3 is 2.57 bits per heavy atom. The summed E-state index contributed by atoms with van der Waals surface area (Å²) < 4.78 is 0. The number of rotatable bonds is 6. The van der Waals surface area contributed by atoms with Crippen LogP contribution in [0.3, 0.4) is 0 Å². The number of halogens is 1. The summed E-state index contributed by atoms with van der Waals surface area (Å²) in [5.41, 5.74) is 1.19. The van der Waals surface area contributed by atoms with Crippen LogP contribution in [-0.4, -0.2) is 17.8 Å². The number of hydrogen-bond donors (Lipinski definition) is 1. The third kappa shape index (κ3) is 4.85. The molecular formula is C18H22BrNO. The fraction of sp³-hybridized carbons (Fsp3) is 0.389. The Morgan fingerprint density at radius 2 is 1.86 bits per heavy atom. The summed E-state index contributed by atoms with van der Waals surface area (Å²) in [6.07, 6.45) is 1.48. The molecule has 0 saturated carbocycles. The maximum atomic E-state index is 12.1. The zero-order valence-corrected chi connectivity index (χ0v) is 14.2. The van der Waals surface area contributed by atoms with E-state index >= 15 is 0 Å². The molecular weight excluding hydrogens is 326 g/mol. The SMILES string of the molecule is CC(C)(CCBr)CNC(=O)Cc1ccc2ccccc2c1. The largest absolute Gasteiger partial charge is 0.355 e. The van der Waals surface area contributed by atoms with E-state index in [1.807, 2.05) is 18.2 Å². The Kier molecular flexibility index (Phi) is 5.40. The molecule has 0 aliphatic heterocycles. The molecule has 0 spiro atoms. The average molecular weight is 348 g/mol. The topological polar surface area (TPSA) is 29.1 Å². The van der Waals surface area contributed by atoms with Gasteiger partial charge in [0.2, 0.25) is 5.91 Å². The predicted octanol–water partition coefficient (Wildman–Crippen LogP) is 4.31. The van der Waals surface area contributed by atoms with Crippen molar-refractivity contribution in [1.29, 1.82) is 0 Å². The molecule has 0 saturated heterocycles. The lowest BCUT2D eigenvalue weighted by Gasteiger charge is -2.23. The summed E-state index contributed by atoms with van der Waals surface area (Å²) in [5, 5.41) is 6.39. The van der Waals surface area contributed by atoms with Crippen LogP contribution in [-0.2, 0) is 11.2 Å². The molecule has 2 rings (SSSR count). The van der Waals surface area contributed by atoms with Gasteiger partial charge in [-0.2, -0.15) is 0 Å². The highest BCUT2D eigenvalue weighted by Gasteiger charge is 2.17. The van der Waals surface area contributed by atoms with Gasteiger partial charge in [0, 0.05) is 11.9 Å². The first kappa shape index (κ1) is 16.0. The van der Waals surface area contributed by atoms with Crippen LogP contribution >= 0.6 is 15.9 Å². The predicted molar refractivity (Wildman–Crippen MR) is 92.9 cm³/mol. The van der Waals surface area contributed by atoms with Crippen molar-refractivity contribution in [3.05, 3.63) is 48.0 Å². The first-order valence-corrected chi connectivity index (χ1v) is 8.43. The van der Waals surface area contributed by atoms with Gasteiger partial charge in [-0.25, -0.2) is 0 Å². The molecule has 0 bridgehead atoms. The van der Waals surface area contributed by atoms with Crippen LogP contribution < -0.4 is 5.32 Å². The number of hydrogen-bond acceptors (Lipinski definition) is 1. The smallest absolute Gasteiger partial charge is 0.224 e. The molecule has 2 nitrogen and oxygen atoms in total. The van der Waals surface area contributed by atoms with Crippen molar-refractivity contribution in [2.45, 2.75) is 26.7 Å². The molecule has 1 amide bonds. The van der Waals surface area contributed by atoms with Crippen LogP contribution in [0.5, 0.6) is 0 Å². The van der Waals surface area contributed by atoms with Crippen molar-refractivity contribution in [2.24, 2.45) is 5.41 Å². The molecule has 112 valence electrons. The van der Waals surface area contributed by atoms with E-state index in [0.29, 0.717) is 13.0 Å². The fourth-order valence-electron chi connectivity index (χ4n) is 2.28. The number of carbonyl (C=O) groups is 1. The quantitative estimate of drug-likeness (QED) is 0.775. The average Bonchev–Trinajstić information content (AvgIpc) is 2.45. The molecule has 0 radical (unpaired) electrons. The van der Waals surface area contributed by atoms with Gasteiger partial charge in [0.1, 0.15) is 0 Å². The standard InChI is InChI=1S/C18H22BrNO/c1-18(2,9-10-19)13-20-17(21)12-14-7-8-15-5-3-4-6-16(15)11-14/h3-8,11H,9-10,12-13H2,1-2H3,(H,20,21). The van der Waals surface area contributed by atoms with E-state index in [9.17, 15) is 4.79 Å². The van der Waals surface area contributed by atoms with E-state index < -0.39 is 0 Å². The van der Waals surface area contributed by atoms with Crippen LogP contribution in [0.4, 0.5) is 0 Å². The van der Waals surface area contributed by atoms with Crippen LogP contribution in [0.2, 0.25) is 0 Å². The number of fused-ring (bicyclic) bond motifs is 1. The van der Waals surface area contributed by atoms with Gasteiger partial charge >= 0.3 is 0 Å². The van der Waals surface area contributed by atoms with Gasteiger partial charge in [0.25, 0.3) is 0 Å². The number of benzene rings is 2. The molecule has 0 aliphatic rings. The van der Waals surface area contributed by atoms with Crippen LogP contribution in [0.15, 0.2) is 42.5 Å². The normalized spacial score (nSPS) is 11.6. The second-order valence-electron chi connectivity index (χ2n) is 6.24. The molecule has 3 heteroatoms.